The van der Waals surface area contributed by atoms with Crippen LogP contribution in [0.3, 0.4) is 0 Å². The summed E-state index contributed by atoms with van der Waals surface area (Å²) in [5.74, 6) is 0.289. The normalized spacial score (nSPS) is 16.0. The number of hydrogen-bond donors (Lipinski definition) is 0. The second kappa shape index (κ2) is 6.65. The molecule has 0 atom stereocenters. The van der Waals surface area contributed by atoms with E-state index in [2.05, 4.69) is 13.0 Å². The fourth-order valence-corrected chi connectivity index (χ4v) is 2.00. The van der Waals surface area contributed by atoms with Gasteiger partial charge in [-0.05, 0) is 32.1 Å². The average molecular weight is 209 g/mol. The van der Waals surface area contributed by atoms with Crippen LogP contribution in [-0.4, -0.2) is 17.4 Å². The lowest BCUT2D eigenvalue weighted by Crippen LogP contribution is -2.31. The molecule has 0 radical (unpaired) electrons. The third-order valence-electron chi connectivity index (χ3n) is 2.95. The summed E-state index contributed by atoms with van der Waals surface area (Å²) in [5.41, 5.74) is 1.28. The van der Waals surface area contributed by atoms with Crippen LogP contribution >= 0.6 is 0 Å². The maximum absolute atomic E-state index is 11.8. The van der Waals surface area contributed by atoms with E-state index in [9.17, 15) is 4.79 Å². The quantitative estimate of drug-likeness (QED) is 0.678. The maximum atomic E-state index is 11.8. The summed E-state index contributed by atoms with van der Waals surface area (Å²) >= 11 is 0. The third-order valence-corrected chi connectivity index (χ3v) is 2.95. The van der Waals surface area contributed by atoms with Crippen LogP contribution in [0.1, 0.15) is 58.8 Å². The Morgan fingerprint density at radius 2 is 2.20 bits per heavy atom. The van der Waals surface area contributed by atoms with Gasteiger partial charge in [-0.25, -0.2) is 0 Å². The Kier molecular flexibility index (Phi) is 5.44. The van der Waals surface area contributed by atoms with Crippen molar-refractivity contribution in [3.05, 3.63) is 11.8 Å². The Morgan fingerprint density at radius 3 is 2.73 bits per heavy atom. The summed E-state index contributed by atoms with van der Waals surface area (Å²) in [5, 5.41) is 0. The van der Waals surface area contributed by atoms with E-state index in [1.165, 1.54) is 18.5 Å². The molecule has 2 nitrogen and oxygen atoms in total. The first kappa shape index (κ1) is 12.3. The highest BCUT2D eigenvalue weighted by molar-refractivity contribution is 5.77. The van der Waals surface area contributed by atoms with Gasteiger partial charge < -0.3 is 4.90 Å². The van der Waals surface area contributed by atoms with Gasteiger partial charge in [-0.15, -0.1) is 0 Å². The van der Waals surface area contributed by atoms with Gasteiger partial charge in [0, 0.05) is 18.7 Å². The molecule has 1 amide bonds. The zero-order chi connectivity index (χ0) is 11.1. The minimum absolute atomic E-state index is 0.289. The zero-order valence-corrected chi connectivity index (χ0v) is 10.1. The van der Waals surface area contributed by atoms with E-state index in [1.54, 1.807) is 0 Å². The molecule has 0 N–H and O–H groups in total. The molecule has 2 heteroatoms. The highest BCUT2D eigenvalue weighted by atomic mass is 16.2. The second-order valence-electron chi connectivity index (χ2n) is 4.19. The maximum Gasteiger partial charge on any atom is 0.226 e. The van der Waals surface area contributed by atoms with Gasteiger partial charge in [0.2, 0.25) is 5.91 Å². The Hall–Kier alpha value is -0.790. The summed E-state index contributed by atoms with van der Waals surface area (Å²) < 4.78 is 0. The minimum atomic E-state index is 0.289. The van der Waals surface area contributed by atoms with Crippen molar-refractivity contribution in [3.8, 4) is 0 Å². The summed E-state index contributed by atoms with van der Waals surface area (Å²) in [6.07, 6.45) is 9.92. The van der Waals surface area contributed by atoms with Crippen LogP contribution in [0.2, 0.25) is 0 Å². The Morgan fingerprint density at radius 1 is 1.40 bits per heavy atom. The van der Waals surface area contributed by atoms with Gasteiger partial charge in [-0.1, -0.05) is 26.3 Å². The fraction of sp³-hybridized carbons (Fsp3) is 0.769. The standard InChI is InChI=1S/C13H23NO/c1-3-5-11-14(13(15)4-2)12-9-7-6-8-10-12/h9H,3-8,10-11H2,1-2H3. The van der Waals surface area contributed by atoms with Crippen molar-refractivity contribution >= 4 is 5.91 Å². The van der Waals surface area contributed by atoms with Crippen LogP contribution in [-0.2, 0) is 4.79 Å². The predicted molar refractivity (Wildman–Crippen MR) is 63.5 cm³/mol. The third kappa shape index (κ3) is 3.69. The number of allylic oxidation sites excluding steroid dienone is 2. The molecule has 0 heterocycles. The van der Waals surface area contributed by atoms with Crippen molar-refractivity contribution in [1.29, 1.82) is 0 Å². The lowest BCUT2D eigenvalue weighted by molar-refractivity contribution is -0.129. The number of unbranched alkanes of at least 4 members (excludes halogenated alkanes) is 1. The summed E-state index contributed by atoms with van der Waals surface area (Å²) in [6, 6.07) is 0. The van der Waals surface area contributed by atoms with Crippen LogP contribution in [0.5, 0.6) is 0 Å². The van der Waals surface area contributed by atoms with Crippen LogP contribution in [0.4, 0.5) is 0 Å². The van der Waals surface area contributed by atoms with Crippen LogP contribution < -0.4 is 0 Å². The predicted octanol–water partition coefficient (Wildman–Crippen LogP) is 3.48. The number of carbonyl (C=O) groups excluding carboxylic acids is 1. The topological polar surface area (TPSA) is 20.3 Å². The van der Waals surface area contributed by atoms with E-state index in [1.807, 2.05) is 11.8 Å². The Balaban J connectivity index is 2.61. The molecule has 0 saturated heterocycles. The first-order chi connectivity index (χ1) is 7.29. The lowest BCUT2D eigenvalue weighted by atomic mass is 10.0. The Bertz CT molecular complexity index is 233. The van der Waals surface area contributed by atoms with Crippen LogP contribution in [0, 0.1) is 0 Å². The highest BCUT2D eigenvalue weighted by Crippen LogP contribution is 2.22. The molecule has 86 valence electrons. The van der Waals surface area contributed by atoms with Gasteiger partial charge in [-0.3, -0.25) is 4.79 Å². The van der Waals surface area contributed by atoms with Crippen molar-refractivity contribution in [1.82, 2.24) is 4.90 Å². The van der Waals surface area contributed by atoms with Crippen molar-refractivity contribution in [2.24, 2.45) is 0 Å². The van der Waals surface area contributed by atoms with Crippen molar-refractivity contribution < 1.29 is 4.79 Å². The summed E-state index contributed by atoms with van der Waals surface area (Å²) in [4.78, 5) is 13.8. The van der Waals surface area contributed by atoms with Crippen molar-refractivity contribution in [2.75, 3.05) is 6.54 Å². The minimum Gasteiger partial charge on any atom is -0.317 e. The van der Waals surface area contributed by atoms with Gasteiger partial charge in [0.25, 0.3) is 0 Å². The molecule has 0 saturated carbocycles. The number of hydrogen-bond acceptors (Lipinski definition) is 1. The largest absolute Gasteiger partial charge is 0.317 e. The summed E-state index contributed by atoms with van der Waals surface area (Å²) in [6.45, 7) is 5.03. The van der Waals surface area contributed by atoms with E-state index in [-0.39, 0.29) is 5.91 Å². The average Bonchev–Trinajstić information content (AvgIpc) is 2.30. The molecule has 0 fully saturated rings. The smallest absolute Gasteiger partial charge is 0.226 e. The fourth-order valence-electron chi connectivity index (χ4n) is 2.00. The van der Waals surface area contributed by atoms with Crippen molar-refractivity contribution in [2.45, 2.75) is 58.8 Å². The highest BCUT2D eigenvalue weighted by Gasteiger charge is 2.16. The molecular formula is C13H23NO. The first-order valence-corrected chi connectivity index (χ1v) is 6.29. The van der Waals surface area contributed by atoms with E-state index < -0.39 is 0 Å². The lowest BCUT2D eigenvalue weighted by Gasteiger charge is -2.27. The molecule has 0 aromatic rings. The van der Waals surface area contributed by atoms with Gasteiger partial charge in [0.15, 0.2) is 0 Å². The number of carbonyl (C=O) groups is 1. The molecule has 1 aliphatic carbocycles. The molecule has 0 bridgehead atoms. The van der Waals surface area contributed by atoms with Crippen molar-refractivity contribution in [3.63, 3.8) is 0 Å². The monoisotopic (exact) mass is 209 g/mol. The van der Waals surface area contributed by atoms with Crippen LogP contribution in [0.25, 0.3) is 0 Å². The molecule has 15 heavy (non-hydrogen) atoms. The molecule has 0 aromatic carbocycles. The number of rotatable bonds is 5. The first-order valence-electron chi connectivity index (χ1n) is 6.29. The SMILES string of the molecule is CCCCN(C(=O)CC)C1=CCCCC1. The number of nitrogens with zero attached hydrogens (tertiary/aromatic N) is 1. The molecule has 0 spiro atoms. The molecule has 0 aliphatic heterocycles. The van der Waals surface area contributed by atoms with Crippen LogP contribution in [0.15, 0.2) is 11.8 Å². The molecular weight excluding hydrogens is 186 g/mol. The van der Waals surface area contributed by atoms with Gasteiger partial charge >= 0.3 is 0 Å². The van der Waals surface area contributed by atoms with Gasteiger partial charge in [0.05, 0.1) is 0 Å². The molecule has 0 unspecified atom stereocenters. The Labute approximate surface area is 93.3 Å². The molecule has 1 rings (SSSR count). The van der Waals surface area contributed by atoms with E-state index in [4.69, 9.17) is 0 Å². The van der Waals surface area contributed by atoms with E-state index in [0.717, 1.165) is 32.2 Å². The van der Waals surface area contributed by atoms with E-state index >= 15 is 0 Å². The molecule has 1 aliphatic rings. The van der Waals surface area contributed by atoms with Gasteiger partial charge in [0.1, 0.15) is 0 Å². The number of amides is 1. The summed E-state index contributed by atoms with van der Waals surface area (Å²) in [7, 11) is 0. The molecule has 0 aromatic heterocycles. The van der Waals surface area contributed by atoms with Gasteiger partial charge in [-0.2, -0.15) is 0 Å². The van der Waals surface area contributed by atoms with E-state index in [0.29, 0.717) is 6.42 Å². The zero-order valence-electron chi connectivity index (χ0n) is 10.1. The second-order valence-corrected chi connectivity index (χ2v) is 4.19.